The Hall–Kier alpha value is -0.910. The van der Waals surface area contributed by atoms with E-state index in [1.54, 1.807) is 12.1 Å². The van der Waals surface area contributed by atoms with Gasteiger partial charge < -0.3 is 5.11 Å². The minimum absolute atomic E-state index is 0.105. The average molecular weight is 269 g/mol. The molecule has 1 atom stereocenters. The zero-order chi connectivity index (χ0) is 13.2. The van der Waals surface area contributed by atoms with Crippen molar-refractivity contribution in [1.82, 2.24) is 4.31 Å². The van der Waals surface area contributed by atoms with Crippen LogP contribution in [-0.2, 0) is 16.4 Å². The van der Waals surface area contributed by atoms with Crippen LogP contribution in [0.2, 0.25) is 0 Å². The summed E-state index contributed by atoms with van der Waals surface area (Å²) in [6.45, 7) is 2.43. The molecule has 18 heavy (non-hydrogen) atoms. The third kappa shape index (κ3) is 2.43. The van der Waals surface area contributed by atoms with Gasteiger partial charge in [-0.3, -0.25) is 0 Å². The molecule has 0 saturated carbocycles. The van der Waals surface area contributed by atoms with Gasteiger partial charge in [-0.1, -0.05) is 19.1 Å². The molecule has 5 heteroatoms. The molecule has 1 N–H and O–H groups in total. The summed E-state index contributed by atoms with van der Waals surface area (Å²) in [5.41, 5.74) is 1.12. The van der Waals surface area contributed by atoms with Gasteiger partial charge in [-0.25, -0.2) is 8.42 Å². The van der Waals surface area contributed by atoms with Crippen molar-refractivity contribution >= 4 is 10.0 Å². The minimum atomic E-state index is -3.45. The van der Waals surface area contributed by atoms with Gasteiger partial charge in [0, 0.05) is 12.6 Å². The molecule has 100 valence electrons. The first-order valence-electron chi connectivity index (χ1n) is 6.31. The van der Waals surface area contributed by atoms with Crippen LogP contribution in [-0.4, -0.2) is 37.0 Å². The smallest absolute Gasteiger partial charge is 0.243 e. The number of benzene rings is 1. The molecule has 1 aliphatic rings. The largest absolute Gasteiger partial charge is 0.395 e. The van der Waals surface area contributed by atoms with Gasteiger partial charge in [-0.05, 0) is 37.0 Å². The highest BCUT2D eigenvalue weighted by Crippen LogP contribution is 2.25. The van der Waals surface area contributed by atoms with Crippen molar-refractivity contribution in [3.05, 3.63) is 29.8 Å². The predicted molar refractivity (Wildman–Crippen MR) is 69.8 cm³/mol. The predicted octanol–water partition coefficient (Wildman–Crippen LogP) is 1.39. The summed E-state index contributed by atoms with van der Waals surface area (Å²) >= 11 is 0. The molecule has 0 unspecified atom stereocenters. The molecule has 1 fully saturated rings. The summed E-state index contributed by atoms with van der Waals surface area (Å²) in [5.74, 6) is 0. The Morgan fingerprint density at radius 1 is 1.33 bits per heavy atom. The number of aliphatic hydroxyl groups excluding tert-OH is 1. The summed E-state index contributed by atoms with van der Waals surface area (Å²) in [5, 5.41) is 9.22. The Kier molecular flexibility index (Phi) is 4.04. The maximum absolute atomic E-state index is 12.4. The van der Waals surface area contributed by atoms with Gasteiger partial charge in [-0.15, -0.1) is 0 Å². The standard InChI is InChI=1S/C13H19NO3S/c1-2-11-5-7-13(8-6-11)18(16,17)14-9-3-4-12(14)10-15/h5-8,12,15H,2-4,9-10H2,1H3/t12-/m0/s1. The number of aryl methyl sites for hydroxylation is 1. The van der Waals surface area contributed by atoms with E-state index in [-0.39, 0.29) is 12.6 Å². The van der Waals surface area contributed by atoms with Crippen molar-refractivity contribution in [2.45, 2.75) is 37.1 Å². The molecule has 1 aromatic carbocycles. The van der Waals surface area contributed by atoms with Crippen LogP contribution in [0.3, 0.4) is 0 Å². The van der Waals surface area contributed by atoms with E-state index in [0.29, 0.717) is 11.4 Å². The zero-order valence-corrected chi connectivity index (χ0v) is 11.4. The summed E-state index contributed by atoms with van der Waals surface area (Å²) in [4.78, 5) is 0.319. The van der Waals surface area contributed by atoms with Crippen LogP contribution in [0.15, 0.2) is 29.2 Å². The van der Waals surface area contributed by atoms with Crippen molar-refractivity contribution in [3.8, 4) is 0 Å². The molecule has 4 nitrogen and oxygen atoms in total. The highest BCUT2D eigenvalue weighted by molar-refractivity contribution is 7.89. The van der Waals surface area contributed by atoms with E-state index in [9.17, 15) is 13.5 Å². The normalized spacial score (nSPS) is 21.3. The lowest BCUT2D eigenvalue weighted by molar-refractivity contribution is 0.213. The highest BCUT2D eigenvalue weighted by Gasteiger charge is 2.34. The van der Waals surface area contributed by atoms with E-state index >= 15 is 0 Å². The SMILES string of the molecule is CCc1ccc(S(=O)(=O)N2CCC[C@H]2CO)cc1. The van der Waals surface area contributed by atoms with Gasteiger partial charge in [0.2, 0.25) is 10.0 Å². The third-order valence-corrected chi connectivity index (χ3v) is 5.44. The van der Waals surface area contributed by atoms with Crippen molar-refractivity contribution in [1.29, 1.82) is 0 Å². The van der Waals surface area contributed by atoms with Gasteiger partial charge in [0.25, 0.3) is 0 Å². The topological polar surface area (TPSA) is 57.6 Å². The van der Waals surface area contributed by atoms with Crippen LogP contribution in [0.5, 0.6) is 0 Å². The zero-order valence-electron chi connectivity index (χ0n) is 10.5. The van der Waals surface area contributed by atoms with E-state index in [0.717, 1.165) is 24.8 Å². The molecule has 1 heterocycles. The monoisotopic (exact) mass is 269 g/mol. The van der Waals surface area contributed by atoms with E-state index in [1.807, 2.05) is 19.1 Å². The van der Waals surface area contributed by atoms with Crippen LogP contribution >= 0.6 is 0 Å². The molecule has 0 aromatic heterocycles. The first kappa shape index (κ1) is 13.5. The van der Waals surface area contributed by atoms with Crippen LogP contribution in [0, 0.1) is 0 Å². The Balaban J connectivity index is 2.29. The lowest BCUT2D eigenvalue weighted by Crippen LogP contribution is -2.37. The van der Waals surface area contributed by atoms with Gasteiger partial charge >= 0.3 is 0 Å². The number of rotatable bonds is 4. The van der Waals surface area contributed by atoms with E-state index in [2.05, 4.69) is 0 Å². The summed E-state index contributed by atoms with van der Waals surface area (Å²) in [6, 6.07) is 6.73. The van der Waals surface area contributed by atoms with Crippen molar-refractivity contribution in [2.75, 3.05) is 13.2 Å². The first-order valence-corrected chi connectivity index (χ1v) is 7.75. The molecular formula is C13H19NO3S. The summed E-state index contributed by atoms with van der Waals surface area (Å²) in [6.07, 6.45) is 2.45. The molecule has 2 rings (SSSR count). The lowest BCUT2D eigenvalue weighted by atomic mass is 10.2. The second-order valence-electron chi connectivity index (χ2n) is 4.59. The molecular weight excluding hydrogens is 250 g/mol. The molecule has 1 saturated heterocycles. The molecule has 0 bridgehead atoms. The van der Waals surface area contributed by atoms with Gasteiger partial charge in [0.15, 0.2) is 0 Å². The van der Waals surface area contributed by atoms with Crippen LogP contribution in [0.25, 0.3) is 0 Å². The quantitative estimate of drug-likeness (QED) is 0.898. The second-order valence-corrected chi connectivity index (χ2v) is 6.48. The number of hydrogen-bond acceptors (Lipinski definition) is 3. The highest BCUT2D eigenvalue weighted by atomic mass is 32.2. The van der Waals surface area contributed by atoms with Crippen molar-refractivity contribution in [3.63, 3.8) is 0 Å². The van der Waals surface area contributed by atoms with Crippen molar-refractivity contribution in [2.24, 2.45) is 0 Å². The van der Waals surface area contributed by atoms with Crippen LogP contribution < -0.4 is 0 Å². The first-order chi connectivity index (χ1) is 8.59. The molecule has 0 spiro atoms. The number of nitrogens with zero attached hydrogens (tertiary/aromatic N) is 1. The Labute approximate surface area is 108 Å². The average Bonchev–Trinajstić information content (AvgIpc) is 2.88. The number of aliphatic hydroxyl groups is 1. The maximum atomic E-state index is 12.4. The summed E-state index contributed by atoms with van der Waals surface area (Å²) < 4.78 is 26.3. The maximum Gasteiger partial charge on any atom is 0.243 e. The second kappa shape index (κ2) is 5.38. The third-order valence-electron chi connectivity index (χ3n) is 3.47. The van der Waals surface area contributed by atoms with Gasteiger partial charge in [-0.2, -0.15) is 4.31 Å². The fourth-order valence-corrected chi connectivity index (χ4v) is 4.03. The number of sulfonamides is 1. The number of hydrogen-bond donors (Lipinski definition) is 1. The van der Waals surface area contributed by atoms with E-state index in [1.165, 1.54) is 4.31 Å². The summed E-state index contributed by atoms with van der Waals surface area (Å²) in [7, 11) is -3.45. The minimum Gasteiger partial charge on any atom is -0.395 e. The molecule has 0 aliphatic carbocycles. The van der Waals surface area contributed by atoms with E-state index in [4.69, 9.17) is 0 Å². The lowest BCUT2D eigenvalue weighted by Gasteiger charge is -2.22. The van der Waals surface area contributed by atoms with Crippen molar-refractivity contribution < 1.29 is 13.5 Å². The Morgan fingerprint density at radius 2 is 2.00 bits per heavy atom. The fourth-order valence-electron chi connectivity index (χ4n) is 2.34. The van der Waals surface area contributed by atoms with Crippen LogP contribution in [0.1, 0.15) is 25.3 Å². The van der Waals surface area contributed by atoms with E-state index < -0.39 is 10.0 Å². The Bertz CT molecular complexity index is 495. The molecule has 1 aromatic rings. The Morgan fingerprint density at radius 3 is 2.56 bits per heavy atom. The van der Waals surface area contributed by atoms with Crippen LogP contribution in [0.4, 0.5) is 0 Å². The molecule has 1 aliphatic heterocycles. The molecule has 0 amide bonds. The fraction of sp³-hybridized carbons (Fsp3) is 0.538. The molecule has 0 radical (unpaired) electrons. The van der Waals surface area contributed by atoms with Gasteiger partial charge in [0.05, 0.1) is 11.5 Å². The van der Waals surface area contributed by atoms with Gasteiger partial charge in [0.1, 0.15) is 0 Å².